The highest BCUT2D eigenvalue weighted by Gasteiger charge is 2.29. The van der Waals surface area contributed by atoms with E-state index in [1.165, 1.54) is 10.6 Å². The van der Waals surface area contributed by atoms with Crippen molar-refractivity contribution in [1.29, 1.82) is 0 Å². The maximum atomic E-state index is 11.7. The number of benzene rings is 1. The van der Waals surface area contributed by atoms with E-state index >= 15 is 0 Å². The molecule has 1 saturated heterocycles. The van der Waals surface area contributed by atoms with Crippen LogP contribution in [0, 0.1) is 0 Å². The molecule has 4 rings (SSSR count). The van der Waals surface area contributed by atoms with Gasteiger partial charge in [0.2, 0.25) is 39.5 Å². The third-order valence-electron chi connectivity index (χ3n) is 5.00. The van der Waals surface area contributed by atoms with Gasteiger partial charge in [-0.15, -0.1) is 0 Å². The van der Waals surface area contributed by atoms with E-state index in [2.05, 4.69) is 25.1 Å². The van der Waals surface area contributed by atoms with Crippen molar-refractivity contribution in [3.63, 3.8) is 0 Å². The van der Waals surface area contributed by atoms with Gasteiger partial charge in [0.25, 0.3) is 0 Å². The van der Waals surface area contributed by atoms with Crippen LogP contribution in [0.2, 0.25) is 0 Å². The lowest BCUT2D eigenvalue weighted by atomic mass is 9.98. The largest absolute Gasteiger partial charge is 0.368 e. The molecule has 30 heavy (non-hydrogen) atoms. The first-order chi connectivity index (χ1) is 14.3. The quantitative estimate of drug-likeness (QED) is 0.630. The molecule has 1 aliphatic rings. The lowest BCUT2D eigenvalue weighted by Crippen LogP contribution is -2.37. The van der Waals surface area contributed by atoms with Crippen molar-refractivity contribution >= 4 is 27.6 Å². The second-order valence-electron chi connectivity index (χ2n) is 7.10. The van der Waals surface area contributed by atoms with Crippen molar-refractivity contribution < 1.29 is 12.9 Å². The van der Waals surface area contributed by atoms with Crippen molar-refractivity contribution in [2.45, 2.75) is 18.8 Å². The fraction of sp³-hybridized carbons (Fsp3) is 0.389. The summed E-state index contributed by atoms with van der Waals surface area (Å²) >= 11 is 0. The second-order valence-corrected chi connectivity index (χ2v) is 9.09. The number of para-hydroxylation sites is 1. The summed E-state index contributed by atoms with van der Waals surface area (Å²) in [5.74, 6) is 1.25. The van der Waals surface area contributed by atoms with Crippen LogP contribution in [-0.2, 0) is 10.0 Å². The van der Waals surface area contributed by atoms with Crippen LogP contribution in [0.15, 0.2) is 34.9 Å². The highest BCUT2D eigenvalue weighted by molar-refractivity contribution is 7.88. The molecule has 0 spiro atoms. The number of aromatic nitrogens is 5. The zero-order chi connectivity index (χ0) is 21.3. The van der Waals surface area contributed by atoms with Crippen molar-refractivity contribution in [2.75, 3.05) is 37.0 Å². The van der Waals surface area contributed by atoms with Crippen LogP contribution in [0.4, 0.5) is 17.6 Å². The number of hydrogen-bond donors (Lipinski definition) is 1. The van der Waals surface area contributed by atoms with Gasteiger partial charge in [0.05, 0.1) is 6.26 Å². The summed E-state index contributed by atoms with van der Waals surface area (Å²) in [6, 6.07) is 9.60. The van der Waals surface area contributed by atoms with Crippen LogP contribution in [0.5, 0.6) is 0 Å². The molecule has 158 valence electrons. The third-order valence-corrected chi connectivity index (χ3v) is 6.30. The van der Waals surface area contributed by atoms with Crippen LogP contribution >= 0.6 is 0 Å². The van der Waals surface area contributed by atoms with Gasteiger partial charge < -0.3 is 15.2 Å². The van der Waals surface area contributed by atoms with Crippen LogP contribution < -0.4 is 10.6 Å². The van der Waals surface area contributed by atoms with Gasteiger partial charge in [-0.2, -0.15) is 19.9 Å². The Balaban J connectivity index is 1.55. The van der Waals surface area contributed by atoms with E-state index in [9.17, 15) is 8.42 Å². The Morgan fingerprint density at radius 1 is 1.07 bits per heavy atom. The molecule has 0 aliphatic carbocycles. The van der Waals surface area contributed by atoms with E-state index in [1.54, 1.807) is 4.90 Å². The topological polar surface area (TPSA) is 144 Å². The Morgan fingerprint density at radius 2 is 1.77 bits per heavy atom. The number of anilines is 3. The minimum atomic E-state index is -3.19. The van der Waals surface area contributed by atoms with Gasteiger partial charge >= 0.3 is 0 Å². The molecule has 11 nitrogen and oxygen atoms in total. The fourth-order valence-corrected chi connectivity index (χ4v) is 4.20. The maximum Gasteiger partial charge on any atom is 0.240 e. The Bertz CT molecular complexity index is 1130. The number of nitrogens with two attached hydrogens (primary N) is 1. The van der Waals surface area contributed by atoms with E-state index in [-0.39, 0.29) is 23.5 Å². The molecule has 2 aromatic heterocycles. The molecule has 0 bridgehead atoms. The minimum absolute atomic E-state index is 0.0186. The Morgan fingerprint density at radius 3 is 2.43 bits per heavy atom. The number of sulfonamides is 1. The smallest absolute Gasteiger partial charge is 0.240 e. The Hall–Kier alpha value is -3.12. The molecule has 3 heterocycles. The van der Waals surface area contributed by atoms with Gasteiger partial charge in [0.15, 0.2) is 0 Å². The van der Waals surface area contributed by atoms with Crippen LogP contribution in [-0.4, -0.2) is 64.2 Å². The summed E-state index contributed by atoms with van der Waals surface area (Å²) in [4.78, 5) is 19.0. The van der Waals surface area contributed by atoms with E-state index in [0.717, 1.165) is 5.69 Å². The average Bonchev–Trinajstić information content (AvgIpc) is 3.23. The SMILES string of the molecule is CN(c1ccccc1)c1nc(N)nc(-c2noc(C3CCN(S(C)(=O)=O)CC3)n2)n1. The zero-order valence-corrected chi connectivity index (χ0v) is 17.4. The summed E-state index contributed by atoms with van der Waals surface area (Å²) in [7, 11) is -1.36. The van der Waals surface area contributed by atoms with Crippen molar-refractivity contribution in [2.24, 2.45) is 0 Å². The molecule has 1 fully saturated rings. The predicted octanol–water partition coefficient (Wildman–Crippen LogP) is 1.41. The van der Waals surface area contributed by atoms with Gasteiger partial charge in [0, 0.05) is 31.7 Å². The first-order valence-electron chi connectivity index (χ1n) is 9.40. The summed E-state index contributed by atoms with van der Waals surface area (Å²) in [6.07, 6.45) is 2.43. The molecule has 0 saturated carbocycles. The van der Waals surface area contributed by atoms with Crippen molar-refractivity contribution in [3.05, 3.63) is 36.2 Å². The summed E-state index contributed by atoms with van der Waals surface area (Å²) in [5, 5.41) is 4.00. The summed E-state index contributed by atoms with van der Waals surface area (Å²) in [6.45, 7) is 0.845. The van der Waals surface area contributed by atoms with E-state index in [1.807, 2.05) is 37.4 Å². The molecule has 0 radical (unpaired) electrons. The number of piperidine rings is 1. The lowest BCUT2D eigenvalue weighted by Gasteiger charge is -2.28. The van der Waals surface area contributed by atoms with Crippen LogP contribution in [0.1, 0.15) is 24.7 Å². The standard InChI is InChI=1S/C18H22N8O3S/c1-25(13-6-4-3-5-7-13)18-22-14(21-17(19)23-18)15-20-16(29-24-15)12-8-10-26(11-9-12)30(2,27)28/h3-7,12H,8-11H2,1-2H3,(H2,19,21,22,23). The number of nitrogens with zero attached hydrogens (tertiary/aromatic N) is 7. The lowest BCUT2D eigenvalue weighted by molar-refractivity contribution is 0.271. The van der Waals surface area contributed by atoms with Crippen molar-refractivity contribution in [3.8, 4) is 11.6 Å². The maximum absolute atomic E-state index is 11.7. The van der Waals surface area contributed by atoms with Gasteiger partial charge in [-0.25, -0.2) is 12.7 Å². The minimum Gasteiger partial charge on any atom is -0.368 e. The molecule has 0 unspecified atom stereocenters. The molecule has 12 heteroatoms. The van der Waals surface area contributed by atoms with Crippen LogP contribution in [0.3, 0.4) is 0 Å². The molecule has 1 aliphatic heterocycles. The van der Waals surface area contributed by atoms with Crippen LogP contribution in [0.25, 0.3) is 11.6 Å². The van der Waals surface area contributed by atoms with Gasteiger partial charge in [-0.3, -0.25) is 0 Å². The fourth-order valence-electron chi connectivity index (χ4n) is 3.32. The molecular formula is C18H22N8O3S. The first kappa shape index (κ1) is 20.2. The molecule has 1 aromatic carbocycles. The molecule has 0 amide bonds. The second kappa shape index (κ2) is 7.95. The predicted molar refractivity (Wildman–Crippen MR) is 110 cm³/mol. The third kappa shape index (κ3) is 4.24. The van der Waals surface area contributed by atoms with E-state index in [4.69, 9.17) is 10.3 Å². The first-order valence-corrected chi connectivity index (χ1v) is 11.3. The number of nitrogen functional groups attached to an aromatic ring is 1. The Labute approximate surface area is 174 Å². The average molecular weight is 430 g/mol. The number of rotatable bonds is 5. The van der Waals surface area contributed by atoms with E-state index in [0.29, 0.717) is 37.8 Å². The number of hydrogen-bond acceptors (Lipinski definition) is 10. The summed E-state index contributed by atoms with van der Waals surface area (Å²) in [5.41, 5.74) is 6.77. The zero-order valence-electron chi connectivity index (χ0n) is 16.6. The summed E-state index contributed by atoms with van der Waals surface area (Å²) < 4.78 is 30.2. The molecule has 0 atom stereocenters. The highest BCUT2D eigenvalue weighted by atomic mass is 32.2. The van der Waals surface area contributed by atoms with Gasteiger partial charge in [-0.05, 0) is 25.0 Å². The Kier molecular flexibility index (Phi) is 5.35. The van der Waals surface area contributed by atoms with Gasteiger partial charge in [-0.1, -0.05) is 23.4 Å². The molecular weight excluding hydrogens is 408 g/mol. The van der Waals surface area contributed by atoms with Gasteiger partial charge in [0.1, 0.15) is 0 Å². The van der Waals surface area contributed by atoms with E-state index < -0.39 is 10.0 Å². The molecule has 3 aromatic rings. The highest BCUT2D eigenvalue weighted by Crippen LogP contribution is 2.29. The van der Waals surface area contributed by atoms with Crippen molar-refractivity contribution in [1.82, 2.24) is 29.4 Å². The normalized spacial score (nSPS) is 15.9. The molecule has 2 N–H and O–H groups in total. The monoisotopic (exact) mass is 430 g/mol.